The smallest absolute Gasteiger partial charge is 0.0868 e. The molecule has 0 bridgehead atoms. The summed E-state index contributed by atoms with van der Waals surface area (Å²) in [6.45, 7) is 0.541. The van der Waals surface area contributed by atoms with Gasteiger partial charge in [0.25, 0.3) is 0 Å². The van der Waals surface area contributed by atoms with Gasteiger partial charge in [-0.05, 0) is 0 Å². The summed E-state index contributed by atoms with van der Waals surface area (Å²) in [7, 11) is 0. The molecule has 4 nitrogen and oxygen atoms in total. The van der Waals surface area contributed by atoms with E-state index in [-0.39, 0.29) is 13.2 Å². The van der Waals surface area contributed by atoms with Crippen molar-refractivity contribution in [1.82, 2.24) is 0 Å². The van der Waals surface area contributed by atoms with Gasteiger partial charge in [-0.1, -0.05) is 0 Å². The van der Waals surface area contributed by atoms with Crippen molar-refractivity contribution in [3.63, 3.8) is 0 Å². The Morgan fingerprint density at radius 3 is 1.75 bits per heavy atom. The van der Waals surface area contributed by atoms with Gasteiger partial charge in [-0.15, -0.1) is 0 Å². The summed E-state index contributed by atoms with van der Waals surface area (Å²) in [4.78, 5) is 0. The van der Waals surface area contributed by atoms with Gasteiger partial charge in [0.2, 0.25) is 0 Å². The number of hydrogen-bond acceptors (Lipinski definition) is 4. The Bertz CT molecular complexity index is 258. The van der Waals surface area contributed by atoms with Crippen LogP contribution in [0.15, 0.2) is 0 Å². The molecule has 2 atom stereocenters. The Labute approximate surface area is 70.6 Å². The summed E-state index contributed by atoms with van der Waals surface area (Å²) in [5, 5.41) is 25.9. The Hall–Kier alpha value is -1.57. The van der Waals surface area contributed by atoms with Crippen LogP contribution in [-0.2, 0) is 4.74 Å². The van der Waals surface area contributed by atoms with Gasteiger partial charge in [0.05, 0.1) is 49.2 Å². The molecule has 1 rings (SSSR count). The van der Waals surface area contributed by atoms with Crippen molar-refractivity contribution in [2.24, 2.45) is 17.8 Å². The maximum atomic E-state index is 8.69. The summed E-state index contributed by atoms with van der Waals surface area (Å²) in [5.74, 6) is -1.39. The molecule has 0 aromatic carbocycles. The van der Waals surface area contributed by atoms with Crippen LogP contribution in [0.4, 0.5) is 0 Å². The zero-order valence-electron chi connectivity index (χ0n) is 6.40. The van der Waals surface area contributed by atoms with Crippen LogP contribution in [0.2, 0.25) is 0 Å². The molecule has 1 heterocycles. The number of ether oxygens (including phenoxy) is 1. The maximum absolute atomic E-state index is 8.69. The van der Waals surface area contributed by atoms with E-state index in [4.69, 9.17) is 20.5 Å². The average molecular weight is 161 g/mol. The topological polar surface area (TPSA) is 80.6 Å². The highest BCUT2D eigenvalue weighted by Gasteiger charge is 2.34. The molecular weight excluding hydrogens is 154 g/mol. The van der Waals surface area contributed by atoms with Gasteiger partial charge < -0.3 is 4.74 Å². The molecule has 1 aliphatic rings. The lowest BCUT2D eigenvalue weighted by Gasteiger charge is -2.25. The highest BCUT2D eigenvalue weighted by molar-refractivity contribution is 5.08. The van der Waals surface area contributed by atoms with E-state index in [1.54, 1.807) is 0 Å². The fourth-order valence-electron chi connectivity index (χ4n) is 1.22. The minimum absolute atomic E-state index is 0.271. The van der Waals surface area contributed by atoms with Crippen LogP contribution in [-0.4, -0.2) is 13.2 Å². The van der Waals surface area contributed by atoms with Gasteiger partial charge in [-0.2, -0.15) is 15.8 Å². The summed E-state index contributed by atoms with van der Waals surface area (Å²) in [6, 6.07) is 5.92. The second-order valence-electron chi connectivity index (χ2n) is 2.66. The van der Waals surface area contributed by atoms with E-state index >= 15 is 0 Å². The van der Waals surface area contributed by atoms with Gasteiger partial charge in [0, 0.05) is 0 Å². The van der Waals surface area contributed by atoms with Gasteiger partial charge in [0.15, 0.2) is 0 Å². The number of nitrogens with zero attached hydrogens (tertiary/aromatic N) is 3. The largest absolute Gasteiger partial charge is 0.379 e. The quantitative estimate of drug-likeness (QED) is 0.516. The van der Waals surface area contributed by atoms with Crippen molar-refractivity contribution in [3.05, 3.63) is 0 Å². The zero-order chi connectivity index (χ0) is 8.97. The Balaban J connectivity index is 2.77. The molecule has 60 valence electrons. The Morgan fingerprint density at radius 2 is 1.42 bits per heavy atom. The van der Waals surface area contributed by atoms with Crippen LogP contribution >= 0.6 is 0 Å². The maximum Gasteiger partial charge on any atom is 0.0868 e. The van der Waals surface area contributed by atoms with Crippen LogP contribution in [0.5, 0.6) is 0 Å². The SMILES string of the molecule is N#CC1COCC(C#N)C1C#N. The Kier molecular flexibility index (Phi) is 2.64. The molecule has 0 radical (unpaired) electrons. The lowest BCUT2D eigenvalue weighted by Crippen LogP contribution is -2.33. The van der Waals surface area contributed by atoms with Crippen LogP contribution in [0, 0.1) is 51.7 Å². The van der Waals surface area contributed by atoms with Gasteiger partial charge in [-0.25, -0.2) is 0 Å². The molecule has 0 spiro atoms. The molecule has 1 saturated heterocycles. The second-order valence-corrected chi connectivity index (χ2v) is 2.66. The molecule has 0 aromatic heterocycles. The van der Waals surface area contributed by atoms with Crippen LogP contribution < -0.4 is 0 Å². The van der Waals surface area contributed by atoms with Crippen LogP contribution in [0.1, 0.15) is 0 Å². The first-order chi connectivity index (χ1) is 5.83. The average Bonchev–Trinajstić information content (AvgIpc) is 2.16. The predicted octanol–water partition coefficient (Wildman–Crippen LogP) is 0.436. The molecule has 2 unspecified atom stereocenters. The highest BCUT2D eigenvalue weighted by Crippen LogP contribution is 2.25. The molecule has 1 fully saturated rings. The molecule has 4 heteroatoms. The van der Waals surface area contributed by atoms with Crippen molar-refractivity contribution in [2.75, 3.05) is 13.2 Å². The minimum Gasteiger partial charge on any atom is -0.379 e. The van der Waals surface area contributed by atoms with E-state index in [9.17, 15) is 0 Å². The first kappa shape index (κ1) is 8.53. The first-order valence-corrected chi connectivity index (χ1v) is 3.60. The van der Waals surface area contributed by atoms with E-state index in [2.05, 4.69) is 0 Å². The van der Waals surface area contributed by atoms with E-state index < -0.39 is 17.8 Å². The molecule has 0 amide bonds. The lowest BCUT2D eigenvalue weighted by molar-refractivity contribution is 0.0277. The number of nitriles is 3. The fraction of sp³-hybridized carbons (Fsp3) is 0.625. The monoisotopic (exact) mass is 161 g/mol. The van der Waals surface area contributed by atoms with Crippen LogP contribution in [0.25, 0.3) is 0 Å². The summed E-state index contributed by atoms with van der Waals surface area (Å²) in [5.41, 5.74) is 0. The lowest BCUT2D eigenvalue weighted by atomic mass is 9.83. The predicted molar refractivity (Wildman–Crippen MR) is 38.1 cm³/mol. The van der Waals surface area contributed by atoms with Crippen molar-refractivity contribution in [3.8, 4) is 18.2 Å². The third kappa shape index (κ3) is 1.37. The van der Waals surface area contributed by atoms with Crippen molar-refractivity contribution < 1.29 is 4.74 Å². The number of rotatable bonds is 0. The third-order valence-corrected chi connectivity index (χ3v) is 1.94. The normalized spacial score (nSPS) is 34.2. The Morgan fingerprint density at radius 1 is 0.917 bits per heavy atom. The number of hydrogen-bond donors (Lipinski definition) is 0. The van der Waals surface area contributed by atoms with E-state index in [1.807, 2.05) is 18.2 Å². The fourth-order valence-corrected chi connectivity index (χ4v) is 1.22. The van der Waals surface area contributed by atoms with Crippen LogP contribution in [0.3, 0.4) is 0 Å². The van der Waals surface area contributed by atoms with E-state index in [0.29, 0.717) is 0 Å². The molecule has 0 aliphatic carbocycles. The zero-order valence-corrected chi connectivity index (χ0v) is 6.40. The second kappa shape index (κ2) is 3.72. The van der Waals surface area contributed by atoms with Crippen molar-refractivity contribution >= 4 is 0 Å². The first-order valence-electron chi connectivity index (χ1n) is 3.60. The van der Waals surface area contributed by atoms with Crippen molar-refractivity contribution in [1.29, 1.82) is 15.8 Å². The molecule has 1 aliphatic heterocycles. The van der Waals surface area contributed by atoms with E-state index in [1.165, 1.54) is 0 Å². The van der Waals surface area contributed by atoms with Crippen molar-refractivity contribution in [2.45, 2.75) is 0 Å². The summed E-state index contributed by atoms with van der Waals surface area (Å²) in [6.07, 6.45) is 0. The highest BCUT2D eigenvalue weighted by atomic mass is 16.5. The van der Waals surface area contributed by atoms with Gasteiger partial charge in [0.1, 0.15) is 0 Å². The molecule has 12 heavy (non-hydrogen) atoms. The standard InChI is InChI=1S/C8H7N3O/c9-1-6-4-12-5-7(2-10)8(6)3-11/h6-8H,4-5H2. The third-order valence-electron chi connectivity index (χ3n) is 1.94. The summed E-state index contributed by atoms with van der Waals surface area (Å²) < 4.78 is 5.01. The molecular formula is C8H7N3O. The van der Waals surface area contributed by atoms with E-state index in [0.717, 1.165) is 0 Å². The van der Waals surface area contributed by atoms with Gasteiger partial charge >= 0.3 is 0 Å². The summed E-state index contributed by atoms with van der Waals surface area (Å²) >= 11 is 0. The molecule has 0 saturated carbocycles. The molecule has 0 N–H and O–H groups in total. The van der Waals surface area contributed by atoms with Gasteiger partial charge in [-0.3, -0.25) is 0 Å². The molecule has 0 aromatic rings. The minimum atomic E-state index is -0.492.